The Kier molecular flexibility index (Phi) is 7.74. The normalized spacial score (nSPS) is 11.0. The lowest BCUT2D eigenvalue weighted by Crippen LogP contribution is -2.23. The number of amides is 1. The van der Waals surface area contributed by atoms with Gasteiger partial charge in [0, 0.05) is 30.3 Å². The van der Waals surface area contributed by atoms with Crippen LogP contribution in [-0.2, 0) is 11.3 Å². The van der Waals surface area contributed by atoms with Gasteiger partial charge in [0.2, 0.25) is 5.91 Å². The molecule has 7 nitrogen and oxygen atoms in total. The van der Waals surface area contributed by atoms with Crippen molar-refractivity contribution in [2.75, 3.05) is 29.1 Å². The van der Waals surface area contributed by atoms with Gasteiger partial charge in [-0.1, -0.05) is 46.8 Å². The molecule has 0 bridgehead atoms. The maximum atomic E-state index is 13.1. The summed E-state index contributed by atoms with van der Waals surface area (Å²) in [4.78, 5) is 36.8. The van der Waals surface area contributed by atoms with Crippen LogP contribution >= 0.6 is 34.7 Å². The van der Waals surface area contributed by atoms with Crippen LogP contribution in [0.25, 0.3) is 10.3 Å². The molecule has 1 aromatic carbocycles. The number of halogens is 1. The topological polar surface area (TPSA) is 80.1 Å². The summed E-state index contributed by atoms with van der Waals surface area (Å²) in [5.74, 6) is -0.120. The Morgan fingerprint density at radius 2 is 2.10 bits per heavy atom. The minimum atomic E-state index is -0.211. The van der Waals surface area contributed by atoms with Gasteiger partial charge in [0.05, 0.1) is 5.75 Å². The first-order valence-electron chi connectivity index (χ1n) is 9.84. The summed E-state index contributed by atoms with van der Waals surface area (Å²) in [5.41, 5.74) is 1.70. The van der Waals surface area contributed by atoms with Gasteiger partial charge in [-0.15, -0.1) is 6.58 Å². The summed E-state index contributed by atoms with van der Waals surface area (Å²) in [5, 5.41) is 4.65. The Labute approximate surface area is 194 Å². The van der Waals surface area contributed by atoms with E-state index in [0.29, 0.717) is 32.8 Å². The van der Waals surface area contributed by atoms with E-state index < -0.39 is 0 Å². The maximum Gasteiger partial charge on any atom is 0.274 e. The number of carbonyl (C=O) groups excluding carboxylic acids is 1. The van der Waals surface area contributed by atoms with Crippen molar-refractivity contribution in [2.45, 2.75) is 32.5 Å². The fourth-order valence-electron chi connectivity index (χ4n) is 2.97. The van der Waals surface area contributed by atoms with E-state index in [-0.39, 0.29) is 17.2 Å². The third-order valence-corrected chi connectivity index (χ3v) is 7.17. The molecule has 10 heteroatoms. The van der Waals surface area contributed by atoms with Gasteiger partial charge in [-0.3, -0.25) is 14.2 Å². The number of rotatable bonds is 9. The summed E-state index contributed by atoms with van der Waals surface area (Å²) >= 11 is 8.66. The number of thiazole rings is 1. The molecule has 31 heavy (non-hydrogen) atoms. The first kappa shape index (κ1) is 23.3. The zero-order chi connectivity index (χ0) is 22.5. The van der Waals surface area contributed by atoms with E-state index in [2.05, 4.69) is 26.8 Å². The fourth-order valence-corrected chi connectivity index (χ4v) is 5.02. The highest BCUT2D eigenvalue weighted by atomic mass is 35.5. The van der Waals surface area contributed by atoms with Gasteiger partial charge in [-0.05, 0) is 38.5 Å². The lowest BCUT2D eigenvalue weighted by Gasteiger charge is -2.15. The Hall–Kier alpha value is -2.36. The van der Waals surface area contributed by atoms with Gasteiger partial charge < -0.3 is 10.2 Å². The number of hydrogen-bond donors (Lipinski definition) is 1. The number of carbonyl (C=O) groups is 1. The molecular formula is C21H24ClN5O2S2. The van der Waals surface area contributed by atoms with Crippen molar-refractivity contribution in [3.8, 4) is 0 Å². The van der Waals surface area contributed by atoms with Crippen molar-refractivity contribution in [3.63, 3.8) is 0 Å². The largest absolute Gasteiger partial charge is 0.349 e. The minimum Gasteiger partial charge on any atom is -0.349 e. The Balaban J connectivity index is 1.87. The van der Waals surface area contributed by atoms with E-state index in [1.165, 1.54) is 27.7 Å². The number of benzene rings is 1. The van der Waals surface area contributed by atoms with Crippen molar-refractivity contribution in [1.82, 2.24) is 14.5 Å². The summed E-state index contributed by atoms with van der Waals surface area (Å²) in [6, 6.07) is 5.35. The zero-order valence-corrected chi connectivity index (χ0v) is 20.0. The van der Waals surface area contributed by atoms with Crippen LogP contribution in [0.4, 0.5) is 10.8 Å². The highest BCUT2D eigenvalue weighted by molar-refractivity contribution is 7.99. The van der Waals surface area contributed by atoms with Crippen molar-refractivity contribution in [3.05, 3.63) is 51.8 Å². The Morgan fingerprint density at radius 3 is 2.77 bits per heavy atom. The Bertz CT molecular complexity index is 1170. The molecule has 0 spiro atoms. The van der Waals surface area contributed by atoms with Gasteiger partial charge in [0.15, 0.2) is 15.9 Å². The predicted octanol–water partition coefficient (Wildman–Crippen LogP) is 4.58. The minimum absolute atomic E-state index is 0.0914. The molecule has 0 aliphatic rings. The molecule has 0 fully saturated rings. The second-order valence-electron chi connectivity index (χ2n) is 6.67. The number of fused-ring (bicyclic) bond motifs is 1. The van der Waals surface area contributed by atoms with E-state index in [0.717, 1.165) is 23.8 Å². The molecule has 0 unspecified atom stereocenters. The van der Waals surface area contributed by atoms with E-state index >= 15 is 0 Å². The summed E-state index contributed by atoms with van der Waals surface area (Å²) < 4.78 is 2.04. The highest BCUT2D eigenvalue weighted by Crippen LogP contribution is 2.28. The quantitative estimate of drug-likeness (QED) is 0.276. The maximum absolute atomic E-state index is 13.1. The summed E-state index contributed by atoms with van der Waals surface area (Å²) in [7, 11) is 0. The molecule has 164 valence electrons. The first-order chi connectivity index (χ1) is 14.9. The van der Waals surface area contributed by atoms with E-state index in [9.17, 15) is 9.59 Å². The van der Waals surface area contributed by atoms with Crippen molar-refractivity contribution < 1.29 is 4.79 Å². The first-order valence-corrected chi connectivity index (χ1v) is 12.0. The third-order valence-electron chi connectivity index (χ3n) is 4.69. The number of anilines is 2. The zero-order valence-electron chi connectivity index (χ0n) is 17.6. The predicted molar refractivity (Wildman–Crippen MR) is 131 cm³/mol. The lowest BCUT2D eigenvalue weighted by atomic mass is 10.2. The fraction of sp³-hybridized carbons (Fsp3) is 0.333. The molecule has 0 saturated heterocycles. The highest BCUT2D eigenvalue weighted by Gasteiger charge is 2.18. The average Bonchev–Trinajstić information content (AvgIpc) is 3.17. The molecule has 3 rings (SSSR count). The van der Waals surface area contributed by atoms with E-state index in [1.54, 1.807) is 24.3 Å². The standard InChI is InChI=1S/C21H24ClN5O2S2/c1-5-11-27-19(29)17-18(24-20(31-17)26(6-2)7-3)25-21(27)30-12-16(28)23-15-10-8-9-14(22)13(15)4/h5,8-10H,1,6-7,11-12H2,2-4H3,(H,23,28). The number of allylic oxidation sites excluding steroid dienone is 1. The van der Waals surface area contributed by atoms with Crippen LogP contribution in [0.1, 0.15) is 19.4 Å². The second-order valence-corrected chi connectivity index (χ2v) is 9.00. The van der Waals surface area contributed by atoms with Crippen LogP contribution in [-0.4, -0.2) is 39.3 Å². The number of thioether (sulfide) groups is 1. The van der Waals surface area contributed by atoms with E-state index in [1.807, 2.05) is 20.8 Å². The van der Waals surface area contributed by atoms with Crippen LogP contribution in [0.2, 0.25) is 5.02 Å². The van der Waals surface area contributed by atoms with Crippen molar-refractivity contribution in [2.24, 2.45) is 0 Å². The molecule has 1 amide bonds. The number of nitrogens with zero attached hydrogens (tertiary/aromatic N) is 4. The number of nitrogens with one attached hydrogen (secondary N) is 1. The van der Waals surface area contributed by atoms with Gasteiger partial charge in [0.25, 0.3) is 5.56 Å². The van der Waals surface area contributed by atoms with Gasteiger partial charge in [-0.2, -0.15) is 4.98 Å². The van der Waals surface area contributed by atoms with Crippen molar-refractivity contribution in [1.29, 1.82) is 0 Å². The van der Waals surface area contributed by atoms with Gasteiger partial charge in [-0.25, -0.2) is 4.98 Å². The molecule has 2 aromatic heterocycles. The molecule has 1 N–H and O–H groups in total. The van der Waals surface area contributed by atoms with E-state index in [4.69, 9.17) is 11.6 Å². The molecular weight excluding hydrogens is 454 g/mol. The van der Waals surface area contributed by atoms with Gasteiger partial charge in [0.1, 0.15) is 4.70 Å². The SMILES string of the molecule is C=CCn1c(SCC(=O)Nc2cccc(Cl)c2C)nc2nc(N(CC)CC)sc2c1=O. The van der Waals surface area contributed by atoms with Crippen LogP contribution in [0.15, 0.2) is 40.8 Å². The molecule has 0 aliphatic carbocycles. The smallest absolute Gasteiger partial charge is 0.274 e. The average molecular weight is 478 g/mol. The van der Waals surface area contributed by atoms with Crippen LogP contribution in [0.5, 0.6) is 0 Å². The Morgan fingerprint density at radius 1 is 1.35 bits per heavy atom. The molecule has 0 aliphatic heterocycles. The van der Waals surface area contributed by atoms with Crippen molar-refractivity contribution >= 4 is 61.8 Å². The lowest BCUT2D eigenvalue weighted by molar-refractivity contribution is -0.113. The molecule has 0 radical (unpaired) electrons. The van der Waals surface area contributed by atoms with Gasteiger partial charge >= 0.3 is 0 Å². The molecule has 0 saturated carbocycles. The van der Waals surface area contributed by atoms with Crippen LogP contribution < -0.4 is 15.8 Å². The van der Waals surface area contributed by atoms with Crippen LogP contribution in [0, 0.1) is 6.92 Å². The number of hydrogen-bond acceptors (Lipinski definition) is 7. The summed E-state index contributed by atoms with van der Waals surface area (Å²) in [6.45, 7) is 11.6. The monoisotopic (exact) mass is 477 g/mol. The van der Waals surface area contributed by atoms with Crippen LogP contribution in [0.3, 0.4) is 0 Å². The number of aromatic nitrogens is 3. The molecule has 2 heterocycles. The summed E-state index contributed by atoms with van der Waals surface area (Å²) in [6.07, 6.45) is 1.64. The molecule has 0 atom stereocenters. The second kappa shape index (κ2) is 10.3. The third kappa shape index (κ3) is 5.11. The molecule has 3 aromatic rings.